The van der Waals surface area contributed by atoms with Crippen molar-refractivity contribution in [3.05, 3.63) is 23.8 Å². The Morgan fingerprint density at radius 1 is 1.41 bits per heavy atom. The number of phenolic OH excluding ortho intramolecular Hbond substituents is 2. The monoisotopic (exact) mass is 239 g/mol. The zero-order chi connectivity index (χ0) is 12.8. The third-order valence-corrected chi connectivity index (χ3v) is 2.24. The Hall–Kier alpha value is -1.75. The number of benzene rings is 1. The zero-order valence-corrected chi connectivity index (χ0v) is 9.93. The molecule has 0 aliphatic rings. The van der Waals surface area contributed by atoms with Gasteiger partial charge in [-0.2, -0.15) is 0 Å². The second-order valence-corrected chi connectivity index (χ2v) is 3.68. The van der Waals surface area contributed by atoms with Crippen LogP contribution >= 0.6 is 0 Å². The van der Waals surface area contributed by atoms with Gasteiger partial charge < -0.3 is 20.3 Å². The number of carbonyl (C=O) groups is 1. The first-order valence-corrected chi connectivity index (χ1v) is 5.46. The van der Waals surface area contributed by atoms with Crippen LogP contribution in [0.1, 0.15) is 24.2 Å². The lowest BCUT2D eigenvalue weighted by atomic mass is 10.2. The van der Waals surface area contributed by atoms with E-state index in [1.165, 1.54) is 18.2 Å². The molecule has 94 valence electrons. The minimum atomic E-state index is -0.313. The Morgan fingerprint density at radius 3 is 2.71 bits per heavy atom. The van der Waals surface area contributed by atoms with Crippen molar-refractivity contribution in [1.82, 2.24) is 5.32 Å². The number of hydrogen-bond donors (Lipinski definition) is 3. The van der Waals surface area contributed by atoms with Gasteiger partial charge in [0.15, 0.2) is 11.5 Å². The molecule has 0 bridgehead atoms. The Bertz CT molecular complexity index is 392. The van der Waals surface area contributed by atoms with Gasteiger partial charge in [-0.25, -0.2) is 0 Å². The Kier molecular flexibility index (Phi) is 4.78. The Morgan fingerprint density at radius 2 is 2.12 bits per heavy atom. The van der Waals surface area contributed by atoms with Crippen molar-refractivity contribution in [2.24, 2.45) is 0 Å². The van der Waals surface area contributed by atoms with Gasteiger partial charge in [0.25, 0.3) is 5.91 Å². The van der Waals surface area contributed by atoms with Gasteiger partial charge in [0, 0.05) is 18.7 Å². The molecule has 0 heterocycles. The van der Waals surface area contributed by atoms with Crippen molar-refractivity contribution in [1.29, 1.82) is 0 Å². The maximum Gasteiger partial charge on any atom is 0.251 e. The summed E-state index contributed by atoms with van der Waals surface area (Å²) in [6, 6.07) is 3.93. The molecule has 5 heteroatoms. The van der Waals surface area contributed by atoms with Gasteiger partial charge in [-0.3, -0.25) is 4.79 Å². The third kappa shape index (κ3) is 3.96. The van der Waals surface area contributed by atoms with Gasteiger partial charge in [0.2, 0.25) is 0 Å². The molecular weight excluding hydrogens is 222 g/mol. The molecule has 1 unspecified atom stereocenters. The van der Waals surface area contributed by atoms with E-state index in [9.17, 15) is 9.90 Å². The van der Waals surface area contributed by atoms with Crippen LogP contribution in [0, 0.1) is 0 Å². The maximum atomic E-state index is 11.7. The molecule has 0 fully saturated rings. The minimum Gasteiger partial charge on any atom is -0.504 e. The molecule has 0 spiro atoms. The molecule has 0 aliphatic carbocycles. The lowest BCUT2D eigenvalue weighted by molar-refractivity contribution is 0.0695. The van der Waals surface area contributed by atoms with E-state index in [4.69, 9.17) is 9.84 Å². The molecular formula is C12H17NO4. The molecule has 17 heavy (non-hydrogen) atoms. The normalized spacial score (nSPS) is 12.1. The van der Waals surface area contributed by atoms with E-state index in [1.54, 1.807) is 0 Å². The predicted molar refractivity (Wildman–Crippen MR) is 63.2 cm³/mol. The lowest BCUT2D eigenvalue weighted by Gasteiger charge is -2.12. The topological polar surface area (TPSA) is 78.8 Å². The van der Waals surface area contributed by atoms with Gasteiger partial charge in [0.05, 0.1) is 6.10 Å². The molecule has 1 rings (SSSR count). The van der Waals surface area contributed by atoms with Crippen LogP contribution in [0.25, 0.3) is 0 Å². The van der Waals surface area contributed by atoms with Crippen molar-refractivity contribution in [2.45, 2.75) is 20.0 Å². The van der Waals surface area contributed by atoms with Crippen molar-refractivity contribution in [3.63, 3.8) is 0 Å². The largest absolute Gasteiger partial charge is 0.504 e. The van der Waals surface area contributed by atoms with Gasteiger partial charge >= 0.3 is 0 Å². The first-order valence-electron chi connectivity index (χ1n) is 5.46. The summed E-state index contributed by atoms with van der Waals surface area (Å²) in [7, 11) is 0. The van der Waals surface area contributed by atoms with Crippen LogP contribution in [0.15, 0.2) is 18.2 Å². The van der Waals surface area contributed by atoms with Gasteiger partial charge in [-0.05, 0) is 32.0 Å². The van der Waals surface area contributed by atoms with Crippen LogP contribution < -0.4 is 5.32 Å². The number of rotatable bonds is 5. The van der Waals surface area contributed by atoms with Crippen LogP contribution in [0.3, 0.4) is 0 Å². The molecule has 5 nitrogen and oxygen atoms in total. The van der Waals surface area contributed by atoms with Gasteiger partial charge in [0.1, 0.15) is 0 Å². The molecule has 0 aliphatic heterocycles. The summed E-state index contributed by atoms with van der Waals surface area (Å²) in [6.45, 7) is 4.74. The summed E-state index contributed by atoms with van der Waals surface area (Å²) in [4.78, 5) is 11.7. The quantitative estimate of drug-likeness (QED) is 0.676. The maximum absolute atomic E-state index is 11.7. The number of ether oxygens (including phenoxy) is 1. The second kappa shape index (κ2) is 6.10. The third-order valence-electron chi connectivity index (χ3n) is 2.24. The van der Waals surface area contributed by atoms with Crippen molar-refractivity contribution in [2.75, 3.05) is 13.2 Å². The van der Waals surface area contributed by atoms with Crippen molar-refractivity contribution in [3.8, 4) is 11.5 Å². The van der Waals surface area contributed by atoms with E-state index < -0.39 is 0 Å². The van der Waals surface area contributed by atoms with Crippen LogP contribution in [0.4, 0.5) is 0 Å². The average Bonchev–Trinajstić information content (AvgIpc) is 2.30. The molecule has 0 saturated carbocycles. The summed E-state index contributed by atoms with van der Waals surface area (Å²) in [5, 5.41) is 21.0. The highest BCUT2D eigenvalue weighted by molar-refractivity contribution is 5.94. The highest BCUT2D eigenvalue weighted by atomic mass is 16.5. The highest BCUT2D eigenvalue weighted by Crippen LogP contribution is 2.24. The molecule has 1 atom stereocenters. The standard InChI is InChI=1S/C12H17NO4/c1-3-17-8(2)7-13-12(16)9-4-5-10(14)11(15)6-9/h4-6,8,14-15H,3,7H2,1-2H3,(H,13,16). The summed E-state index contributed by atoms with van der Waals surface area (Å²) in [5.41, 5.74) is 0.295. The summed E-state index contributed by atoms with van der Waals surface area (Å²) < 4.78 is 5.27. The van der Waals surface area contributed by atoms with E-state index in [-0.39, 0.29) is 23.5 Å². The van der Waals surface area contributed by atoms with Crippen LogP contribution in [0.5, 0.6) is 11.5 Å². The molecule has 0 saturated heterocycles. The Balaban J connectivity index is 2.55. The first kappa shape index (κ1) is 13.3. The van der Waals surface area contributed by atoms with Crippen LogP contribution in [0.2, 0.25) is 0 Å². The average molecular weight is 239 g/mol. The fourth-order valence-electron chi connectivity index (χ4n) is 1.35. The predicted octanol–water partition coefficient (Wildman–Crippen LogP) is 1.25. The molecule has 0 aromatic heterocycles. The number of hydrogen-bond acceptors (Lipinski definition) is 4. The van der Waals surface area contributed by atoms with Crippen LogP contribution in [-0.4, -0.2) is 35.4 Å². The number of phenols is 2. The highest BCUT2D eigenvalue weighted by Gasteiger charge is 2.09. The lowest BCUT2D eigenvalue weighted by Crippen LogP contribution is -2.32. The van der Waals surface area contributed by atoms with Crippen LogP contribution in [-0.2, 0) is 4.74 Å². The molecule has 1 amide bonds. The molecule has 0 radical (unpaired) electrons. The van der Waals surface area contributed by atoms with E-state index in [0.717, 1.165) is 0 Å². The summed E-state index contributed by atoms with van der Waals surface area (Å²) in [5.74, 6) is -0.869. The number of aromatic hydroxyl groups is 2. The fraction of sp³-hybridized carbons (Fsp3) is 0.417. The van der Waals surface area contributed by atoms with Gasteiger partial charge in [-0.15, -0.1) is 0 Å². The zero-order valence-electron chi connectivity index (χ0n) is 9.93. The molecule has 1 aromatic carbocycles. The van der Waals surface area contributed by atoms with E-state index >= 15 is 0 Å². The van der Waals surface area contributed by atoms with E-state index in [0.29, 0.717) is 18.7 Å². The van der Waals surface area contributed by atoms with E-state index in [1.807, 2.05) is 13.8 Å². The van der Waals surface area contributed by atoms with Crippen molar-refractivity contribution < 1.29 is 19.7 Å². The Labute approximate surface area is 100 Å². The number of carbonyl (C=O) groups excluding carboxylic acids is 1. The second-order valence-electron chi connectivity index (χ2n) is 3.68. The van der Waals surface area contributed by atoms with E-state index in [2.05, 4.69) is 5.32 Å². The summed E-state index contributed by atoms with van der Waals surface area (Å²) >= 11 is 0. The first-order chi connectivity index (χ1) is 8.04. The molecule has 1 aromatic rings. The SMILES string of the molecule is CCOC(C)CNC(=O)c1ccc(O)c(O)c1. The number of nitrogens with one attached hydrogen (secondary N) is 1. The fourth-order valence-corrected chi connectivity index (χ4v) is 1.35. The smallest absolute Gasteiger partial charge is 0.251 e. The molecule has 3 N–H and O–H groups in total. The summed E-state index contributed by atoms with van der Waals surface area (Å²) in [6.07, 6.45) is -0.0605. The van der Waals surface area contributed by atoms with Crippen molar-refractivity contribution >= 4 is 5.91 Å². The minimum absolute atomic E-state index is 0.0605. The van der Waals surface area contributed by atoms with Gasteiger partial charge in [-0.1, -0.05) is 0 Å². The number of amides is 1.